The summed E-state index contributed by atoms with van der Waals surface area (Å²) in [6, 6.07) is 12.1. The number of amides is 1. The van der Waals surface area contributed by atoms with Gasteiger partial charge in [0.15, 0.2) is 0 Å². The predicted octanol–water partition coefficient (Wildman–Crippen LogP) is 4.64. The molecule has 3 nitrogen and oxygen atoms in total. The molecule has 27 heavy (non-hydrogen) atoms. The standard InChI is InChI=1S/C20H21F3N2OS/c1-25(15-7-5-6-13(21)10-15)18(16-8-3-4-9-17(16)27-2)19(26)24-14-11-20(22,23)12-14/h3-10,14,18H,11-12H2,1-2H3,(H,24,26). The molecule has 2 aromatic carbocycles. The van der Waals surface area contributed by atoms with Crippen LogP contribution in [0.4, 0.5) is 18.9 Å². The lowest BCUT2D eigenvalue weighted by atomic mass is 9.88. The zero-order valence-corrected chi connectivity index (χ0v) is 15.9. The van der Waals surface area contributed by atoms with E-state index >= 15 is 0 Å². The number of carbonyl (C=O) groups is 1. The van der Waals surface area contributed by atoms with Crippen molar-refractivity contribution in [1.82, 2.24) is 5.32 Å². The Kier molecular flexibility index (Phi) is 5.69. The van der Waals surface area contributed by atoms with Crippen LogP contribution in [0, 0.1) is 5.82 Å². The second-order valence-corrected chi connectivity index (χ2v) is 7.55. The number of rotatable bonds is 6. The van der Waals surface area contributed by atoms with Gasteiger partial charge in [0.1, 0.15) is 11.9 Å². The highest BCUT2D eigenvalue weighted by Crippen LogP contribution is 2.38. The maximum atomic E-state index is 13.7. The lowest BCUT2D eigenvalue weighted by molar-refractivity contribution is -0.130. The number of nitrogens with zero attached hydrogens (tertiary/aromatic N) is 1. The summed E-state index contributed by atoms with van der Waals surface area (Å²) in [5, 5.41) is 2.72. The number of likely N-dealkylation sites (N-methyl/N-ethyl adjacent to an activating group) is 1. The van der Waals surface area contributed by atoms with Crippen molar-refractivity contribution >= 4 is 23.4 Å². The van der Waals surface area contributed by atoms with Gasteiger partial charge in [-0.05, 0) is 36.1 Å². The number of alkyl halides is 2. The minimum absolute atomic E-state index is 0.348. The Morgan fingerprint density at radius 1 is 1.22 bits per heavy atom. The summed E-state index contributed by atoms with van der Waals surface area (Å²) in [5.41, 5.74) is 1.28. The lowest BCUT2D eigenvalue weighted by Crippen LogP contribution is -2.53. The molecule has 0 aromatic heterocycles. The third-order valence-electron chi connectivity index (χ3n) is 4.72. The topological polar surface area (TPSA) is 32.3 Å². The Labute approximate surface area is 160 Å². The quantitative estimate of drug-likeness (QED) is 0.725. The predicted molar refractivity (Wildman–Crippen MR) is 102 cm³/mol. The minimum atomic E-state index is -2.71. The maximum absolute atomic E-state index is 13.7. The van der Waals surface area contributed by atoms with Crippen molar-refractivity contribution < 1.29 is 18.0 Å². The van der Waals surface area contributed by atoms with Crippen LogP contribution in [0.5, 0.6) is 0 Å². The normalized spacial score (nSPS) is 17.1. The smallest absolute Gasteiger partial charge is 0.252 e. The first kappa shape index (κ1) is 19.6. The Bertz CT molecular complexity index is 822. The van der Waals surface area contributed by atoms with Gasteiger partial charge in [-0.25, -0.2) is 13.2 Å². The van der Waals surface area contributed by atoms with Gasteiger partial charge in [-0.1, -0.05) is 24.3 Å². The van der Waals surface area contributed by atoms with E-state index in [0.29, 0.717) is 5.69 Å². The summed E-state index contributed by atoms with van der Waals surface area (Å²) >= 11 is 1.49. The second-order valence-electron chi connectivity index (χ2n) is 6.70. The van der Waals surface area contributed by atoms with Crippen LogP contribution in [-0.4, -0.2) is 31.2 Å². The van der Waals surface area contributed by atoms with Crippen LogP contribution in [0.25, 0.3) is 0 Å². The number of halogens is 3. The Balaban J connectivity index is 1.92. The maximum Gasteiger partial charge on any atom is 0.252 e. The highest BCUT2D eigenvalue weighted by molar-refractivity contribution is 7.98. The van der Waals surface area contributed by atoms with Crippen LogP contribution in [0.1, 0.15) is 24.4 Å². The molecule has 3 rings (SSSR count). The van der Waals surface area contributed by atoms with E-state index in [0.717, 1.165) is 10.5 Å². The molecular formula is C20H21F3N2OS. The van der Waals surface area contributed by atoms with Gasteiger partial charge in [0.25, 0.3) is 5.92 Å². The third kappa shape index (κ3) is 4.40. The number of benzene rings is 2. The molecule has 1 fully saturated rings. The summed E-state index contributed by atoms with van der Waals surface area (Å²) in [5.74, 6) is -3.49. The lowest BCUT2D eigenvalue weighted by Gasteiger charge is -2.38. The molecule has 1 N–H and O–H groups in total. The fourth-order valence-electron chi connectivity index (χ4n) is 3.31. The number of carbonyl (C=O) groups excluding carboxylic acids is 1. The molecule has 1 amide bonds. The van der Waals surface area contributed by atoms with Gasteiger partial charge in [-0.2, -0.15) is 0 Å². The minimum Gasteiger partial charge on any atom is -0.359 e. The first-order chi connectivity index (χ1) is 12.8. The van der Waals surface area contributed by atoms with Gasteiger partial charge in [-0.3, -0.25) is 4.79 Å². The molecule has 1 saturated carbocycles. The highest BCUT2D eigenvalue weighted by atomic mass is 32.2. The molecule has 0 saturated heterocycles. The third-order valence-corrected chi connectivity index (χ3v) is 5.53. The zero-order valence-electron chi connectivity index (χ0n) is 15.1. The van der Waals surface area contributed by atoms with E-state index < -0.39 is 23.8 Å². The van der Waals surface area contributed by atoms with Crippen molar-refractivity contribution in [2.75, 3.05) is 18.2 Å². The summed E-state index contributed by atoms with van der Waals surface area (Å²) in [4.78, 5) is 15.6. The van der Waals surface area contributed by atoms with E-state index in [2.05, 4.69) is 5.32 Å². The monoisotopic (exact) mass is 394 g/mol. The molecule has 1 atom stereocenters. The van der Waals surface area contributed by atoms with E-state index in [4.69, 9.17) is 0 Å². The van der Waals surface area contributed by atoms with E-state index in [1.807, 2.05) is 30.5 Å². The van der Waals surface area contributed by atoms with Crippen LogP contribution in [0.15, 0.2) is 53.4 Å². The molecule has 0 aliphatic heterocycles. The van der Waals surface area contributed by atoms with Crippen molar-refractivity contribution in [3.05, 3.63) is 59.9 Å². The molecular weight excluding hydrogens is 373 g/mol. The first-order valence-corrected chi connectivity index (χ1v) is 9.83. The van der Waals surface area contributed by atoms with Crippen molar-refractivity contribution in [2.24, 2.45) is 0 Å². The van der Waals surface area contributed by atoms with Crippen LogP contribution >= 0.6 is 11.8 Å². The first-order valence-electron chi connectivity index (χ1n) is 8.60. The van der Waals surface area contributed by atoms with E-state index in [-0.39, 0.29) is 18.7 Å². The number of anilines is 1. The van der Waals surface area contributed by atoms with Gasteiger partial charge in [0.05, 0.1) is 0 Å². The molecule has 144 valence electrons. The molecule has 0 spiro atoms. The number of hydrogen-bond donors (Lipinski definition) is 1. The van der Waals surface area contributed by atoms with Gasteiger partial charge in [-0.15, -0.1) is 11.8 Å². The summed E-state index contributed by atoms with van der Waals surface area (Å²) in [6.45, 7) is 0. The van der Waals surface area contributed by atoms with E-state index in [1.165, 1.54) is 23.9 Å². The Morgan fingerprint density at radius 3 is 2.56 bits per heavy atom. The van der Waals surface area contributed by atoms with Gasteiger partial charge < -0.3 is 10.2 Å². The number of thioether (sulfide) groups is 1. The molecule has 1 unspecified atom stereocenters. The van der Waals surface area contributed by atoms with Gasteiger partial charge in [0.2, 0.25) is 5.91 Å². The molecule has 2 aromatic rings. The Morgan fingerprint density at radius 2 is 1.93 bits per heavy atom. The van der Waals surface area contributed by atoms with Crippen LogP contribution in [-0.2, 0) is 4.79 Å². The van der Waals surface area contributed by atoms with Crippen LogP contribution < -0.4 is 10.2 Å². The SMILES string of the molecule is CSc1ccccc1C(C(=O)NC1CC(F)(F)C1)N(C)c1cccc(F)c1. The fraction of sp³-hybridized carbons (Fsp3) is 0.350. The number of hydrogen-bond acceptors (Lipinski definition) is 3. The van der Waals surface area contributed by atoms with E-state index in [9.17, 15) is 18.0 Å². The van der Waals surface area contributed by atoms with Crippen molar-refractivity contribution in [3.8, 4) is 0 Å². The van der Waals surface area contributed by atoms with Gasteiger partial charge >= 0.3 is 0 Å². The zero-order chi connectivity index (χ0) is 19.6. The molecule has 0 heterocycles. The molecule has 0 bridgehead atoms. The average molecular weight is 394 g/mol. The second kappa shape index (κ2) is 7.84. The molecule has 1 aliphatic rings. The summed E-state index contributed by atoms with van der Waals surface area (Å²) in [6.07, 6.45) is 1.21. The average Bonchev–Trinajstić information content (AvgIpc) is 2.60. The largest absolute Gasteiger partial charge is 0.359 e. The fourth-order valence-corrected chi connectivity index (χ4v) is 3.94. The molecule has 7 heteroatoms. The van der Waals surface area contributed by atoms with Crippen LogP contribution in [0.3, 0.4) is 0 Å². The summed E-state index contributed by atoms with van der Waals surface area (Å²) in [7, 11) is 1.70. The van der Waals surface area contributed by atoms with Crippen LogP contribution in [0.2, 0.25) is 0 Å². The number of nitrogens with one attached hydrogen (secondary N) is 1. The van der Waals surface area contributed by atoms with Crippen molar-refractivity contribution in [3.63, 3.8) is 0 Å². The van der Waals surface area contributed by atoms with Crippen molar-refractivity contribution in [2.45, 2.75) is 35.7 Å². The molecule has 0 radical (unpaired) electrons. The molecule has 1 aliphatic carbocycles. The van der Waals surface area contributed by atoms with E-state index in [1.54, 1.807) is 24.1 Å². The Hall–Kier alpha value is -2.15. The highest BCUT2D eigenvalue weighted by Gasteiger charge is 2.46. The van der Waals surface area contributed by atoms with Gasteiger partial charge in [0, 0.05) is 36.5 Å². The van der Waals surface area contributed by atoms with Crippen molar-refractivity contribution in [1.29, 1.82) is 0 Å². The summed E-state index contributed by atoms with van der Waals surface area (Å²) < 4.78 is 40.0.